The summed E-state index contributed by atoms with van der Waals surface area (Å²) in [5.74, 6) is 2.31. The fourth-order valence-corrected chi connectivity index (χ4v) is 5.83. The second-order valence-corrected chi connectivity index (χ2v) is 11.6. The van der Waals surface area contributed by atoms with Crippen LogP contribution in [0.1, 0.15) is 61.3 Å². The molecule has 2 aromatic carbocycles. The SMILES string of the molecule is CCC(C)(C)n1nnnc1C(c1cc2cc(C)cc(C)c2[nH]c1=O)N1CCN(Cc2ccc3c(c2)OCO3)CC1. The second kappa shape index (κ2) is 10.3. The lowest BCUT2D eigenvalue weighted by atomic mass is 9.98. The molecule has 4 heterocycles. The predicted octanol–water partition coefficient (Wildman–Crippen LogP) is 3.91. The van der Waals surface area contributed by atoms with E-state index in [0.29, 0.717) is 11.4 Å². The van der Waals surface area contributed by atoms with E-state index >= 15 is 0 Å². The van der Waals surface area contributed by atoms with Crippen molar-refractivity contribution in [2.45, 2.75) is 59.2 Å². The molecule has 10 heteroatoms. The molecule has 40 heavy (non-hydrogen) atoms. The Balaban J connectivity index is 1.33. The van der Waals surface area contributed by atoms with Gasteiger partial charge in [0.15, 0.2) is 17.3 Å². The number of H-pyrrole nitrogens is 1. The molecule has 0 bridgehead atoms. The van der Waals surface area contributed by atoms with Gasteiger partial charge in [0.2, 0.25) is 6.79 Å². The Hall–Kier alpha value is -3.76. The zero-order valence-corrected chi connectivity index (χ0v) is 23.9. The summed E-state index contributed by atoms with van der Waals surface area (Å²) < 4.78 is 12.9. The summed E-state index contributed by atoms with van der Waals surface area (Å²) >= 11 is 0. The quantitative estimate of drug-likeness (QED) is 0.374. The molecule has 1 atom stereocenters. The first-order valence-corrected chi connectivity index (χ1v) is 14.0. The summed E-state index contributed by atoms with van der Waals surface area (Å²) in [5, 5.41) is 14.0. The molecule has 4 aromatic rings. The van der Waals surface area contributed by atoms with Gasteiger partial charge < -0.3 is 14.5 Å². The van der Waals surface area contributed by atoms with Gasteiger partial charge in [0.1, 0.15) is 6.04 Å². The Kier molecular flexibility index (Phi) is 6.83. The third-order valence-electron chi connectivity index (χ3n) is 8.41. The first kappa shape index (κ1) is 26.5. The van der Waals surface area contributed by atoms with Crippen LogP contribution in [0.25, 0.3) is 10.9 Å². The van der Waals surface area contributed by atoms with Crippen LogP contribution in [0.2, 0.25) is 0 Å². The van der Waals surface area contributed by atoms with Crippen LogP contribution in [0.4, 0.5) is 0 Å². The number of piperazine rings is 1. The van der Waals surface area contributed by atoms with Gasteiger partial charge in [0.25, 0.3) is 5.56 Å². The Morgan fingerprint density at radius 1 is 1.02 bits per heavy atom. The highest BCUT2D eigenvalue weighted by Crippen LogP contribution is 2.34. The van der Waals surface area contributed by atoms with Gasteiger partial charge in [-0.2, -0.15) is 0 Å². The molecule has 0 amide bonds. The van der Waals surface area contributed by atoms with E-state index in [-0.39, 0.29) is 23.9 Å². The fourth-order valence-electron chi connectivity index (χ4n) is 5.83. The average molecular weight is 544 g/mol. The first-order valence-electron chi connectivity index (χ1n) is 14.0. The van der Waals surface area contributed by atoms with Crippen molar-refractivity contribution in [1.82, 2.24) is 35.0 Å². The lowest BCUT2D eigenvalue weighted by molar-refractivity contribution is 0.0968. The van der Waals surface area contributed by atoms with E-state index in [1.165, 1.54) is 5.56 Å². The number of aromatic amines is 1. The zero-order chi connectivity index (χ0) is 28.0. The van der Waals surface area contributed by atoms with E-state index in [4.69, 9.17) is 9.47 Å². The normalized spacial score (nSPS) is 17.0. The highest BCUT2D eigenvalue weighted by molar-refractivity contribution is 5.83. The molecule has 2 aromatic heterocycles. The molecule has 210 valence electrons. The van der Waals surface area contributed by atoms with Crippen molar-refractivity contribution in [3.8, 4) is 11.5 Å². The first-order chi connectivity index (χ1) is 19.2. The van der Waals surface area contributed by atoms with E-state index in [9.17, 15) is 4.79 Å². The van der Waals surface area contributed by atoms with Gasteiger partial charge in [-0.25, -0.2) is 4.68 Å². The Morgan fingerprint density at radius 2 is 1.80 bits per heavy atom. The number of tetrazole rings is 1. The third-order valence-corrected chi connectivity index (χ3v) is 8.41. The topological polar surface area (TPSA) is 101 Å². The zero-order valence-electron chi connectivity index (χ0n) is 23.9. The van der Waals surface area contributed by atoms with Crippen molar-refractivity contribution in [2.75, 3.05) is 33.0 Å². The summed E-state index contributed by atoms with van der Waals surface area (Å²) in [6, 6.07) is 12.0. The summed E-state index contributed by atoms with van der Waals surface area (Å²) in [5.41, 5.74) is 4.56. The number of benzene rings is 2. The summed E-state index contributed by atoms with van der Waals surface area (Å²) in [6.07, 6.45) is 0.855. The number of aryl methyl sites for hydroxylation is 2. The molecule has 1 fully saturated rings. The van der Waals surface area contributed by atoms with Crippen LogP contribution in [-0.4, -0.2) is 68.0 Å². The van der Waals surface area contributed by atoms with E-state index < -0.39 is 0 Å². The Bertz CT molecular complexity index is 1600. The van der Waals surface area contributed by atoms with Crippen LogP contribution >= 0.6 is 0 Å². The van der Waals surface area contributed by atoms with Gasteiger partial charge in [-0.3, -0.25) is 14.6 Å². The Labute approximate surface area is 233 Å². The molecule has 0 aliphatic carbocycles. The number of ether oxygens (including phenoxy) is 2. The molecule has 2 aliphatic rings. The van der Waals surface area contributed by atoms with E-state index in [1.807, 2.05) is 23.7 Å². The smallest absolute Gasteiger partial charge is 0.253 e. The van der Waals surface area contributed by atoms with Crippen LogP contribution in [0.15, 0.2) is 41.2 Å². The number of hydrogen-bond acceptors (Lipinski definition) is 8. The number of rotatable bonds is 7. The number of nitrogens with one attached hydrogen (secondary N) is 1. The molecule has 1 unspecified atom stereocenters. The third kappa shape index (κ3) is 4.86. The monoisotopic (exact) mass is 543 g/mol. The molecule has 0 radical (unpaired) electrons. The lowest BCUT2D eigenvalue weighted by Crippen LogP contribution is -2.49. The van der Waals surface area contributed by atoms with Gasteiger partial charge in [-0.05, 0) is 85.3 Å². The fraction of sp³-hybridized carbons (Fsp3) is 0.467. The predicted molar refractivity (Wildman–Crippen MR) is 153 cm³/mol. The molecule has 6 rings (SSSR count). The van der Waals surface area contributed by atoms with Gasteiger partial charge in [0, 0.05) is 38.3 Å². The molecule has 10 nitrogen and oxygen atoms in total. The van der Waals surface area contributed by atoms with Gasteiger partial charge in [0.05, 0.1) is 11.1 Å². The van der Waals surface area contributed by atoms with Crippen molar-refractivity contribution in [2.24, 2.45) is 0 Å². The van der Waals surface area contributed by atoms with E-state index in [1.54, 1.807) is 0 Å². The molecular formula is C30H37N7O3. The molecule has 1 N–H and O–H groups in total. The molecule has 0 saturated carbocycles. The van der Waals surface area contributed by atoms with Crippen LogP contribution in [0, 0.1) is 13.8 Å². The van der Waals surface area contributed by atoms with Crippen LogP contribution in [0.3, 0.4) is 0 Å². The number of hydrogen-bond donors (Lipinski definition) is 1. The summed E-state index contributed by atoms with van der Waals surface area (Å²) in [7, 11) is 0. The summed E-state index contributed by atoms with van der Waals surface area (Å²) in [6.45, 7) is 14.9. The minimum Gasteiger partial charge on any atom is -0.454 e. The maximum absolute atomic E-state index is 13.7. The van der Waals surface area contributed by atoms with Crippen molar-refractivity contribution in [3.05, 3.63) is 74.8 Å². The van der Waals surface area contributed by atoms with Crippen molar-refractivity contribution in [3.63, 3.8) is 0 Å². The van der Waals surface area contributed by atoms with Crippen LogP contribution in [-0.2, 0) is 12.1 Å². The van der Waals surface area contributed by atoms with E-state index in [2.05, 4.69) is 82.3 Å². The number of pyridine rings is 1. The number of fused-ring (bicyclic) bond motifs is 2. The average Bonchev–Trinajstić information content (AvgIpc) is 3.61. The van der Waals surface area contributed by atoms with E-state index in [0.717, 1.165) is 72.7 Å². The minimum atomic E-state index is -0.373. The highest BCUT2D eigenvalue weighted by Gasteiger charge is 2.35. The number of aromatic nitrogens is 5. The Morgan fingerprint density at radius 3 is 2.58 bits per heavy atom. The lowest BCUT2D eigenvalue weighted by Gasteiger charge is -2.39. The standard InChI is InChI=1S/C30H37N7O3/c1-6-30(4,5)37-28(32-33-34-37)27(23-16-22-14-19(2)13-20(3)26(22)31-29(23)38)36-11-9-35(10-12-36)17-21-7-8-24-25(15-21)40-18-39-24/h7-8,13-16,27H,6,9-12,17-18H2,1-5H3,(H,31,38). The van der Waals surface area contributed by atoms with Crippen LogP contribution in [0.5, 0.6) is 11.5 Å². The molecule has 2 aliphatic heterocycles. The van der Waals surface area contributed by atoms with Gasteiger partial charge in [-0.15, -0.1) is 5.10 Å². The van der Waals surface area contributed by atoms with Gasteiger partial charge >= 0.3 is 0 Å². The van der Waals surface area contributed by atoms with Crippen LogP contribution < -0.4 is 15.0 Å². The number of nitrogens with zero attached hydrogens (tertiary/aromatic N) is 6. The summed E-state index contributed by atoms with van der Waals surface area (Å²) in [4.78, 5) is 21.6. The molecule has 0 spiro atoms. The highest BCUT2D eigenvalue weighted by atomic mass is 16.7. The van der Waals surface area contributed by atoms with Gasteiger partial charge in [-0.1, -0.05) is 24.6 Å². The largest absolute Gasteiger partial charge is 0.454 e. The minimum absolute atomic E-state index is 0.101. The van der Waals surface area contributed by atoms with Crippen molar-refractivity contribution in [1.29, 1.82) is 0 Å². The van der Waals surface area contributed by atoms with Crippen molar-refractivity contribution >= 4 is 10.9 Å². The maximum atomic E-state index is 13.7. The second-order valence-electron chi connectivity index (χ2n) is 11.6. The molecular weight excluding hydrogens is 506 g/mol. The maximum Gasteiger partial charge on any atom is 0.253 e. The van der Waals surface area contributed by atoms with Crippen molar-refractivity contribution < 1.29 is 9.47 Å². The molecule has 1 saturated heterocycles.